The van der Waals surface area contributed by atoms with E-state index in [0.29, 0.717) is 6.61 Å². The first-order valence-corrected chi connectivity index (χ1v) is 9.23. The van der Waals surface area contributed by atoms with E-state index in [4.69, 9.17) is 4.74 Å². The van der Waals surface area contributed by atoms with Gasteiger partial charge in [0.15, 0.2) is 0 Å². The summed E-state index contributed by atoms with van der Waals surface area (Å²) >= 11 is 0. The topological polar surface area (TPSA) is 41.6 Å². The second-order valence-electron chi connectivity index (χ2n) is 5.93. The van der Waals surface area contributed by atoms with Crippen LogP contribution in [0.2, 0.25) is 0 Å². The zero-order valence-electron chi connectivity index (χ0n) is 15.9. The molecule has 0 spiro atoms. The van der Waals surface area contributed by atoms with Crippen LogP contribution in [-0.2, 0) is 4.79 Å². The molecule has 0 unspecified atom stereocenters. The normalized spacial score (nSPS) is 10.7. The standard InChI is InChI=1S/C22H28N2O2/c1-4-17-26-21-10-8-7-9-18(21)11-16-22(25)23-19-12-14-20(15-13-19)24(5-2)6-3/h7-16H,4-6,17H2,1-3H3,(H,23,25). The Hall–Kier alpha value is -2.75. The first-order valence-electron chi connectivity index (χ1n) is 9.23. The third-order valence-corrected chi connectivity index (χ3v) is 4.06. The van der Waals surface area contributed by atoms with Crippen molar-refractivity contribution in [1.82, 2.24) is 0 Å². The first-order chi connectivity index (χ1) is 12.7. The predicted octanol–water partition coefficient (Wildman–Crippen LogP) is 4.97. The van der Waals surface area contributed by atoms with Crippen molar-refractivity contribution in [3.8, 4) is 5.75 Å². The number of carbonyl (C=O) groups is 1. The molecule has 0 saturated carbocycles. The maximum Gasteiger partial charge on any atom is 0.248 e. The van der Waals surface area contributed by atoms with Crippen molar-refractivity contribution < 1.29 is 9.53 Å². The lowest BCUT2D eigenvalue weighted by Crippen LogP contribution is -2.21. The number of nitrogens with one attached hydrogen (secondary N) is 1. The highest BCUT2D eigenvalue weighted by Crippen LogP contribution is 2.20. The van der Waals surface area contributed by atoms with Gasteiger partial charge >= 0.3 is 0 Å². The molecule has 2 aromatic carbocycles. The van der Waals surface area contributed by atoms with Crippen LogP contribution in [0.25, 0.3) is 6.08 Å². The van der Waals surface area contributed by atoms with Crippen molar-refractivity contribution in [3.05, 3.63) is 60.2 Å². The van der Waals surface area contributed by atoms with Crippen molar-refractivity contribution >= 4 is 23.4 Å². The van der Waals surface area contributed by atoms with Gasteiger partial charge in [-0.15, -0.1) is 0 Å². The van der Waals surface area contributed by atoms with Gasteiger partial charge in [-0.2, -0.15) is 0 Å². The monoisotopic (exact) mass is 352 g/mol. The van der Waals surface area contributed by atoms with Crippen LogP contribution in [0.1, 0.15) is 32.8 Å². The minimum Gasteiger partial charge on any atom is -0.493 e. The van der Waals surface area contributed by atoms with Crippen LogP contribution in [0, 0.1) is 0 Å². The number of para-hydroxylation sites is 1. The third kappa shape index (κ3) is 5.66. The van der Waals surface area contributed by atoms with E-state index in [1.54, 1.807) is 6.08 Å². The Morgan fingerprint density at radius 3 is 2.38 bits per heavy atom. The molecule has 0 aliphatic rings. The summed E-state index contributed by atoms with van der Waals surface area (Å²) in [6.45, 7) is 8.92. The zero-order chi connectivity index (χ0) is 18.8. The molecule has 0 aliphatic carbocycles. The van der Waals surface area contributed by atoms with Crippen molar-refractivity contribution in [2.75, 3.05) is 29.9 Å². The van der Waals surface area contributed by atoms with Gasteiger partial charge < -0.3 is 15.0 Å². The van der Waals surface area contributed by atoms with Crippen molar-refractivity contribution in [2.45, 2.75) is 27.2 Å². The van der Waals surface area contributed by atoms with E-state index in [2.05, 4.69) is 31.0 Å². The van der Waals surface area contributed by atoms with Crippen LogP contribution in [0.15, 0.2) is 54.6 Å². The van der Waals surface area contributed by atoms with Crippen LogP contribution in [0.5, 0.6) is 5.75 Å². The average molecular weight is 352 g/mol. The summed E-state index contributed by atoms with van der Waals surface area (Å²) in [5.41, 5.74) is 2.84. The Morgan fingerprint density at radius 2 is 1.73 bits per heavy atom. The molecule has 2 rings (SSSR count). The Balaban J connectivity index is 1.99. The fraction of sp³-hybridized carbons (Fsp3) is 0.318. The maximum atomic E-state index is 12.2. The smallest absolute Gasteiger partial charge is 0.248 e. The molecule has 0 saturated heterocycles. The van der Waals surface area contributed by atoms with E-state index in [-0.39, 0.29) is 5.91 Å². The van der Waals surface area contributed by atoms with Crippen LogP contribution >= 0.6 is 0 Å². The number of benzene rings is 2. The van der Waals surface area contributed by atoms with E-state index in [0.717, 1.165) is 42.2 Å². The van der Waals surface area contributed by atoms with Crippen LogP contribution < -0.4 is 15.0 Å². The van der Waals surface area contributed by atoms with Gasteiger partial charge in [-0.05, 0) is 56.7 Å². The van der Waals surface area contributed by atoms with E-state index in [1.807, 2.05) is 48.5 Å². The van der Waals surface area contributed by atoms with E-state index < -0.39 is 0 Å². The van der Waals surface area contributed by atoms with E-state index in [9.17, 15) is 4.79 Å². The number of carbonyl (C=O) groups excluding carboxylic acids is 1. The molecule has 0 aromatic heterocycles. The highest BCUT2D eigenvalue weighted by molar-refractivity contribution is 6.02. The first kappa shape index (κ1) is 19.6. The van der Waals surface area contributed by atoms with Crippen molar-refractivity contribution in [3.63, 3.8) is 0 Å². The lowest BCUT2D eigenvalue weighted by atomic mass is 10.2. The summed E-state index contributed by atoms with van der Waals surface area (Å²) in [6.07, 6.45) is 4.26. The molecule has 0 aliphatic heterocycles. The van der Waals surface area contributed by atoms with Crippen LogP contribution in [0.3, 0.4) is 0 Å². The van der Waals surface area contributed by atoms with E-state index >= 15 is 0 Å². The van der Waals surface area contributed by atoms with Crippen LogP contribution in [0.4, 0.5) is 11.4 Å². The molecule has 0 heterocycles. The Bertz CT molecular complexity index is 719. The Morgan fingerprint density at radius 1 is 1.04 bits per heavy atom. The number of rotatable bonds is 9. The summed E-state index contributed by atoms with van der Waals surface area (Å²) in [5, 5.41) is 2.89. The number of amides is 1. The molecule has 0 bridgehead atoms. The molecule has 4 nitrogen and oxygen atoms in total. The van der Waals surface area contributed by atoms with E-state index in [1.165, 1.54) is 6.08 Å². The number of hydrogen-bond donors (Lipinski definition) is 1. The van der Waals surface area contributed by atoms with Crippen molar-refractivity contribution in [2.24, 2.45) is 0 Å². The lowest BCUT2D eigenvalue weighted by molar-refractivity contribution is -0.111. The fourth-order valence-electron chi connectivity index (χ4n) is 2.66. The second-order valence-corrected chi connectivity index (χ2v) is 5.93. The molecular weight excluding hydrogens is 324 g/mol. The van der Waals surface area contributed by atoms with Crippen LogP contribution in [-0.4, -0.2) is 25.6 Å². The molecule has 2 aromatic rings. The van der Waals surface area contributed by atoms with Crippen molar-refractivity contribution in [1.29, 1.82) is 0 Å². The fourth-order valence-corrected chi connectivity index (χ4v) is 2.66. The van der Waals surface area contributed by atoms with Gasteiger partial charge in [0.1, 0.15) is 5.75 Å². The summed E-state index contributed by atoms with van der Waals surface area (Å²) < 4.78 is 5.71. The third-order valence-electron chi connectivity index (χ3n) is 4.06. The summed E-state index contributed by atoms with van der Waals surface area (Å²) in [6, 6.07) is 15.6. The van der Waals surface area contributed by atoms with Gasteiger partial charge in [0, 0.05) is 36.1 Å². The minimum atomic E-state index is -0.161. The quantitative estimate of drug-likeness (QED) is 0.648. The highest BCUT2D eigenvalue weighted by atomic mass is 16.5. The number of hydrogen-bond acceptors (Lipinski definition) is 3. The highest BCUT2D eigenvalue weighted by Gasteiger charge is 2.04. The molecule has 0 fully saturated rings. The number of anilines is 2. The van der Waals surface area contributed by atoms with Gasteiger partial charge in [-0.25, -0.2) is 0 Å². The van der Waals surface area contributed by atoms with Gasteiger partial charge in [0.25, 0.3) is 0 Å². The Labute approximate surface area is 156 Å². The van der Waals surface area contributed by atoms with Gasteiger partial charge in [-0.3, -0.25) is 4.79 Å². The molecule has 26 heavy (non-hydrogen) atoms. The van der Waals surface area contributed by atoms with Gasteiger partial charge in [-0.1, -0.05) is 25.1 Å². The average Bonchev–Trinajstić information content (AvgIpc) is 2.67. The predicted molar refractivity (Wildman–Crippen MR) is 110 cm³/mol. The SMILES string of the molecule is CCCOc1ccccc1C=CC(=O)Nc1ccc(N(CC)CC)cc1. The van der Waals surface area contributed by atoms with Gasteiger partial charge in [0.05, 0.1) is 6.61 Å². The summed E-state index contributed by atoms with van der Waals surface area (Å²) in [5.74, 6) is 0.632. The molecule has 1 amide bonds. The maximum absolute atomic E-state index is 12.2. The van der Waals surface area contributed by atoms with Gasteiger partial charge in [0.2, 0.25) is 5.91 Å². The lowest BCUT2D eigenvalue weighted by Gasteiger charge is -2.21. The molecular formula is C22H28N2O2. The zero-order valence-corrected chi connectivity index (χ0v) is 15.9. The summed E-state index contributed by atoms with van der Waals surface area (Å²) in [7, 11) is 0. The second kappa shape index (κ2) is 10.3. The number of ether oxygens (including phenoxy) is 1. The Kier molecular flexibility index (Phi) is 7.75. The largest absolute Gasteiger partial charge is 0.493 e. The minimum absolute atomic E-state index is 0.161. The molecule has 0 atom stereocenters. The molecule has 0 radical (unpaired) electrons. The number of nitrogens with zero attached hydrogens (tertiary/aromatic N) is 1. The summed E-state index contributed by atoms with van der Waals surface area (Å²) in [4.78, 5) is 14.5. The molecule has 1 N–H and O–H groups in total. The molecule has 4 heteroatoms. The molecule has 138 valence electrons.